The lowest BCUT2D eigenvalue weighted by Gasteiger charge is -2.17. The van der Waals surface area contributed by atoms with Crippen LogP contribution in [0, 0.1) is 0 Å². The molecule has 3 heteroatoms. The maximum Gasteiger partial charge on any atom is 0.127 e. The maximum absolute atomic E-state index is 5.82. The summed E-state index contributed by atoms with van der Waals surface area (Å²) in [7, 11) is 2.08. The van der Waals surface area contributed by atoms with E-state index in [0.717, 1.165) is 18.7 Å². The maximum atomic E-state index is 5.82. The molecule has 0 saturated carbocycles. The second-order valence-corrected chi connectivity index (χ2v) is 4.21. The van der Waals surface area contributed by atoms with Crippen molar-refractivity contribution < 1.29 is 0 Å². The number of pyridine rings is 1. The van der Waals surface area contributed by atoms with Crippen molar-refractivity contribution in [1.29, 1.82) is 0 Å². The van der Waals surface area contributed by atoms with Gasteiger partial charge in [-0.1, -0.05) is 36.4 Å². The molecule has 0 aliphatic carbocycles. The standard InChI is InChI=1S/C14H17N3/c1-17(10-12-6-3-2-4-7-12)11-13-8-5-9-16-14(13)15/h2-9H,10-11H2,1H3,(H2,15,16). The Hall–Kier alpha value is -1.87. The Morgan fingerprint density at radius 3 is 2.53 bits per heavy atom. The lowest BCUT2D eigenvalue weighted by Crippen LogP contribution is -2.18. The monoisotopic (exact) mass is 227 g/mol. The van der Waals surface area contributed by atoms with E-state index < -0.39 is 0 Å². The second kappa shape index (κ2) is 5.46. The molecule has 2 N–H and O–H groups in total. The molecule has 0 amide bonds. The molecule has 17 heavy (non-hydrogen) atoms. The largest absolute Gasteiger partial charge is 0.383 e. The van der Waals surface area contributed by atoms with Crippen LogP contribution in [0.25, 0.3) is 0 Å². The third-order valence-electron chi connectivity index (χ3n) is 2.66. The van der Waals surface area contributed by atoms with Crippen molar-refractivity contribution >= 4 is 5.82 Å². The Bertz CT molecular complexity index is 468. The highest BCUT2D eigenvalue weighted by Crippen LogP contribution is 2.11. The lowest BCUT2D eigenvalue weighted by atomic mass is 10.2. The van der Waals surface area contributed by atoms with E-state index in [1.54, 1.807) is 6.20 Å². The average Bonchev–Trinajstić information content (AvgIpc) is 2.33. The minimum Gasteiger partial charge on any atom is -0.383 e. The minimum atomic E-state index is 0.618. The lowest BCUT2D eigenvalue weighted by molar-refractivity contribution is 0.319. The summed E-state index contributed by atoms with van der Waals surface area (Å²) >= 11 is 0. The van der Waals surface area contributed by atoms with Gasteiger partial charge in [0.15, 0.2) is 0 Å². The zero-order valence-corrected chi connectivity index (χ0v) is 10.0. The molecule has 1 aromatic heterocycles. The SMILES string of the molecule is CN(Cc1ccccc1)Cc1cccnc1N. The van der Waals surface area contributed by atoms with Gasteiger partial charge in [-0.25, -0.2) is 4.98 Å². The number of hydrogen-bond acceptors (Lipinski definition) is 3. The van der Waals surface area contributed by atoms with Crippen molar-refractivity contribution in [3.8, 4) is 0 Å². The third kappa shape index (κ3) is 3.29. The first kappa shape index (κ1) is 11.6. The Morgan fingerprint density at radius 2 is 1.82 bits per heavy atom. The molecule has 88 valence electrons. The highest BCUT2D eigenvalue weighted by atomic mass is 15.1. The number of benzene rings is 1. The molecule has 0 saturated heterocycles. The van der Waals surface area contributed by atoms with Crippen LogP contribution in [-0.4, -0.2) is 16.9 Å². The van der Waals surface area contributed by atoms with Crippen LogP contribution < -0.4 is 5.73 Å². The predicted octanol–water partition coefficient (Wildman–Crippen LogP) is 2.30. The van der Waals surface area contributed by atoms with Crippen LogP contribution in [0.15, 0.2) is 48.7 Å². The number of hydrogen-bond donors (Lipinski definition) is 1. The Balaban J connectivity index is 1.98. The van der Waals surface area contributed by atoms with E-state index in [2.05, 4.69) is 41.2 Å². The number of rotatable bonds is 4. The molecule has 0 spiro atoms. The summed E-state index contributed by atoms with van der Waals surface area (Å²) in [6.07, 6.45) is 1.72. The van der Waals surface area contributed by atoms with Crippen molar-refractivity contribution in [2.24, 2.45) is 0 Å². The summed E-state index contributed by atoms with van der Waals surface area (Å²) in [5.74, 6) is 0.618. The first-order chi connectivity index (χ1) is 8.25. The predicted molar refractivity (Wildman–Crippen MR) is 70.3 cm³/mol. The van der Waals surface area contributed by atoms with Gasteiger partial charge in [0.2, 0.25) is 0 Å². The second-order valence-electron chi connectivity index (χ2n) is 4.21. The molecule has 1 heterocycles. The van der Waals surface area contributed by atoms with Crippen LogP contribution in [0.4, 0.5) is 5.82 Å². The smallest absolute Gasteiger partial charge is 0.127 e. The van der Waals surface area contributed by atoms with E-state index >= 15 is 0 Å². The molecule has 0 fully saturated rings. The Kier molecular flexibility index (Phi) is 3.73. The molecule has 0 aliphatic rings. The molecule has 0 aliphatic heterocycles. The molecule has 0 unspecified atom stereocenters. The third-order valence-corrected chi connectivity index (χ3v) is 2.66. The van der Waals surface area contributed by atoms with Crippen LogP contribution in [0.1, 0.15) is 11.1 Å². The molecular formula is C14H17N3. The number of anilines is 1. The van der Waals surface area contributed by atoms with Gasteiger partial charge >= 0.3 is 0 Å². The molecule has 0 bridgehead atoms. The highest BCUT2D eigenvalue weighted by Gasteiger charge is 2.04. The van der Waals surface area contributed by atoms with E-state index in [9.17, 15) is 0 Å². The van der Waals surface area contributed by atoms with Gasteiger partial charge in [0.05, 0.1) is 0 Å². The quantitative estimate of drug-likeness (QED) is 0.871. The Labute approximate surface area is 102 Å². The van der Waals surface area contributed by atoms with Gasteiger partial charge in [-0.3, -0.25) is 4.90 Å². The van der Waals surface area contributed by atoms with E-state index in [4.69, 9.17) is 5.73 Å². The molecule has 2 rings (SSSR count). The summed E-state index contributed by atoms with van der Waals surface area (Å²) in [6.45, 7) is 1.73. The summed E-state index contributed by atoms with van der Waals surface area (Å²) in [4.78, 5) is 6.32. The van der Waals surface area contributed by atoms with Crippen molar-refractivity contribution in [3.63, 3.8) is 0 Å². The molecule has 0 atom stereocenters. The summed E-state index contributed by atoms with van der Waals surface area (Å²) in [6, 6.07) is 14.3. The summed E-state index contributed by atoms with van der Waals surface area (Å²) < 4.78 is 0. The van der Waals surface area contributed by atoms with E-state index in [0.29, 0.717) is 5.82 Å². The highest BCUT2D eigenvalue weighted by molar-refractivity contribution is 5.38. The number of nitrogen functional groups attached to an aromatic ring is 1. The van der Waals surface area contributed by atoms with Crippen molar-refractivity contribution in [2.75, 3.05) is 12.8 Å². The van der Waals surface area contributed by atoms with Gasteiger partial charge in [0.25, 0.3) is 0 Å². The minimum absolute atomic E-state index is 0.618. The van der Waals surface area contributed by atoms with Crippen molar-refractivity contribution in [3.05, 3.63) is 59.8 Å². The fourth-order valence-corrected chi connectivity index (χ4v) is 1.83. The first-order valence-corrected chi connectivity index (χ1v) is 5.67. The molecule has 2 aromatic rings. The summed E-state index contributed by atoms with van der Waals surface area (Å²) in [5, 5.41) is 0. The van der Waals surface area contributed by atoms with Crippen LogP contribution in [0.2, 0.25) is 0 Å². The van der Waals surface area contributed by atoms with Crippen molar-refractivity contribution in [1.82, 2.24) is 9.88 Å². The van der Waals surface area contributed by atoms with Crippen LogP contribution >= 0.6 is 0 Å². The molecular weight excluding hydrogens is 210 g/mol. The van der Waals surface area contributed by atoms with Gasteiger partial charge in [0.1, 0.15) is 5.82 Å². The van der Waals surface area contributed by atoms with Crippen LogP contribution in [0.3, 0.4) is 0 Å². The molecule has 1 aromatic carbocycles. The average molecular weight is 227 g/mol. The normalized spacial score (nSPS) is 10.7. The Morgan fingerprint density at radius 1 is 1.06 bits per heavy atom. The number of nitrogens with two attached hydrogens (primary N) is 1. The molecule has 0 radical (unpaired) electrons. The van der Waals surface area contributed by atoms with Crippen LogP contribution in [0.5, 0.6) is 0 Å². The van der Waals surface area contributed by atoms with Gasteiger partial charge in [-0.2, -0.15) is 0 Å². The van der Waals surface area contributed by atoms with E-state index in [1.807, 2.05) is 18.2 Å². The van der Waals surface area contributed by atoms with Crippen LogP contribution in [-0.2, 0) is 13.1 Å². The van der Waals surface area contributed by atoms with Gasteiger partial charge in [0, 0.05) is 24.8 Å². The zero-order valence-electron chi connectivity index (χ0n) is 10.0. The van der Waals surface area contributed by atoms with Crippen molar-refractivity contribution in [2.45, 2.75) is 13.1 Å². The molecule has 3 nitrogen and oxygen atoms in total. The summed E-state index contributed by atoms with van der Waals surface area (Å²) in [5.41, 5.74) is 8.20. The van der Waals surface area contributed by atoms with Gasteiger partial charge in [-0.05, 0) is 18.7 Å². The first-order valence-electron chi connectivity index (χ1n) is 5.67. The fourth-order valence-electron chi connectivity index (χ4n) is 1.83. The topological polar surface area (TPSA) is 42.2 Å². The number of aromatic nitrogens is 1. The fraction of sp³-hybridized carbons (Fsp3) is 0.214. The van der Waals surface area contributed by atoms with E-state index in [1.165, 1.54) is 5.56 Å². The zero-order chi connectivity index (χ0) is 12.1. The van der Waals surface area contributed by atoms with Gasteiger partial charge < -0.3 is 5.73 Å². The van der Waals surface area contributed by atoms with Gasteiger partial charge in [-0.15, -0.1) is 0 Å². The number of nitrogens with zero attached hydrogens (tertiary/aromatic N) is 2. The van der Waals surface area contributed by atoms with E-state index in [-0.39, 0.29) is 0 Å².